The lowest BCUT2D eigenvalue weighted by molar-refractivity contribution is 0.0822. The molecule has 2 heterocycles. The molecule has 0 unspecified atom stereocenters. The molecule has 1 N–H and O–H groups in total. The van der Waals surface area contributed by atoms with Crippen LogP contribution in [0, 0.1) is 0 Å². The van der Waals surface area contributed by atoms with E-state index in [9.17, 15) is 9.59 Å². The molecule has 1 aliphatic rings. The number of carbonyl (C=O) groups is 2. The molecule has 3 rings (SSSR count). The third-order valence-corrected chi connectivity index (χ3v) is 4.88. The highest BCUT2D eigenvalue weighted by atomic mass is 16.2. The zero-order valence-electron chi connectivity index (χ0n) is 17.0. The zero-order chi connectivity index (χ0) is 20.3. The summed E-state index contributed by atoms with van der Waals surface area (Å²) in [7, 11) is 7.17. The summed E-state index contributed by atoms with van der Waals surface area (Å²) >= 11 is 0. The Morgan fingerprint density at radius 1 is 1.14 bits per heavy atom. The van der Waals surface area contributed by atoms with Gasteiger partial charge in [0.1, 0.15) is 0 Å². The molecule has 0 bridgehead atoms. The standard InChI is InChI=1S/C20H28N6O2/c1-23(2)20(28)18-17(14-25(4)22-18)21-19(27)16-7-5-6-15(12-16)13-26-10-8-24(3)9-11-26/h5-7,12,14H,8-11,13H2,1-4H3,(H,21,27). The Bertz CT molecular complexity index is 852. The van der Waals surface area contributed by atoms with Crippen molar-refractivity contribution < 1.29 is 9.59 Å². The van der Waals surface area contributed by atoms with E-state index in [4.69, 9.17) is 0 Å². The predicted octanol–water partition coefficient (Wildman–Crippen LogP) is 1.12. The second-order valence-electron chi connectivity index (χ2n) is 7.50. The van der Waals surface area contributed by atoms with Gasteiger partial charge in [-0.05, 0) is 24.7 Å². The van der Waals surface area contributed by atoms with Crippen molar-refractivity contribution in [2.24, 2.45) is 7.05 Å². The maximum absolute atomic E-state index is 12.8. The Kier molecular flexibility index (Phi) is 6.11. The smallest absolute Gasteiger partial charge is 0.276 e. The number of aryl methyl sites for hydroxylation is 1. The van der Waals surface area contributed by atoms with Gasteiger partial charge in [0.25, 0.3) is 11.8 Å². The molecular weight excluding hydrogens is 356 g/mol. The quantitative estimate of drug-likeness (QED) is 0.836. The van der Waals surface area contributed by atoms with Crippen molar-refractivity contribution >= 4 is 17.5 Å². The third kappa shape index (κ3) is 4.76. The minimum absolute atomic E-state index is 0.231. The van der Waals surface area contributed by atoms with E-state index in [-0.39, 0.29) is 17.5 Å². The van der Waals surface area contributed by atoms with Crippen LogP contribution in [0.25, 0.3) is 0 Å². The number of rotatable bonds is 5. The lowest BCUT2D eigenvalue weighted by Crippen LogP contribution is -2.43. The van der Waals surface area contributed by atoms with Crippen molar-refractivity contribution in [2.45, 2.75) is 6.54 Å². The van der Waals surface area contributed by atoms with Gasteiger partial charge in [0.2, 0.25) is 0 Å². The number of nitrogens with zero attached hydrogens (tertiary/aromatic N) is 5. The fourth-order valence-corrected chi connectivity index (χ4v) is 3.22. The van der Waals surface area contributed by atoms with E-state index in [1.807, 2.05) is 18.2 Å². The normalized spacial score (nSPS) is 15.4. The molecule has 1 aromatic carbocycles. The van der Waals surface area contributed by atoms with Gasteiger partial charge in [0.15, 0.2) is 5.69 Å². The largest absolute Gasteiger partial charge is 0.343 e. The summed E-state index contributed by atoms with van der Waals surface area (Å²) in [6.45, 7) is 5.00. The van der Waals surface area contributed by atoms with Gasteiger partial charge < -0.3 is 15.1 Å². The lowest BCUT2D eigenvalue weighted by Gasteiger charge is -2.32. The van der Waals surface area contributed by atoms with Crippen LogP contribution in [0.1, 0.15) is 26.4 Å². The fraction of sp³-hybridized carbons (Fsp3) is 0.450. The molecule has 1 fully saturated rings. The molecule has 150 valence electrons. The second kappa shape index (κ2) is 8.53. The fourth-order valence-electron chi connectivity index (χ4n) is 3.22. The summed E-state index contributed by atoms with van der Waals surface area (Å²) in [4.78, 5) is 31.2. The number of nitrogens with one attached hydrogen (secondary N) is 1. The minimum Gasteiger partial charge on any atom is -0.343 e. The number of amides is 2. The van der Waals surface area contributed by atoms with Crippen molar-refractivity contribution in [3.8, 4) is 0 Å². The van der Waals surface area contributed by atoms with Crippen molar-refractivity contribution in [1.29, 1.82) is 0 Å². The summed E-state index contributed by atoms with van der Waals surface area (Å²) in [6.07, 6.45) is 1.64. The number of hydrogen-bond donors (Lipinski definition) is 1. The van der Waals surface area contributed by atoms with Crippen LogP contribution >= 0.6 is 0 Å². The maximum Gasteiger partial charge on any atom is 0.276 e. The average molecular weight is 384 g/mol. The average Bonchev–Trinajstić information content (AvgIpc) is 3.03. The first-order valence-electron chi connectivity index (χ1n) is 9.40. The Morgan fingerprint density at radius 2 is 1.86 bits per heavy atom. The van der Waals surface area contributed by atoms with E-state index in [0.29, 0.717) is 11.3 Å². The van der Waals surface area contributed by atoms with Crippen LogP contribution in [-0.2, 0) is 13.6 Å². The summed E-state index contributed by atoms with van der Waals surface area (Å²) in [6, 6.07) is 7.64. The van der Waals surface area contributed by atoms with Crippen molar-refractivity contribution in [3.63, 3.8) is 0 Å². The predicted molar refractivity (Wildman–Crippen MR) is 108 cm³/mol. The van der Waals surface area contributed by atoms with Gasteiger partial charge in [0.05, 0.1) is 5.69 Å². The molecule has 0 radical (unpaired) electrons. The van der Waals surface area contributed by atoms with Crippen LogP contribution < -0.4 is 5.32 Å². The van der Waals surface area contributed by atoms with Crippen LogP contribution in [-0.4, -0.2) is 83.6 Å². The maximum atomic E-state index is 12.8. The van der Waals surface area contributed by atoms with Gasteiger partial charge in [-0.15, -0.1) is 0 Å². The third-order valence-electron chi connectivity index (χ3n) is 4.88. The van der Waals surface area contributed by atoms with Crippen LogP contribution in [0.4, 0.5) is 5.69 Å². The summed E-state index contributed by atoms with van der Waals surface area (Å²) in [5.41, 5.74) is 2.32. The Labute approximate surface area is 165 Å². The van der Waals surface area contributed by atoms with Gasteiger partial charge >= 0.3 is 0 Å². The summed E-state index contributed by atoms with van der Waals surface area (Å²) in [5.74, 6) is -0.499. The number of piperazine rings is 1. The number of likely N-dealkylation sites (N-methyl/N-ethyl adjacent to an activating group) is 1. The highest BCUT2D eigenvalue weighted by Gasteiger charge is 2.20. The van der Waals surface area contributed by atoms with E-state index in [0.717, 1.165) is 38.3 Å². The van der Waals surface area contributed by atoms with Crippen molar-refractivity contribution in [2.75, 3.05) is 52.6 Å². The van der Waals surface area contributed by atoms with Gasteiger partial charge in [-0.2, -0.15) is 5.10 Å². The van der Waals surface area contributed by atoms with Crippen LogP contribution in [0.2, 0.25) is 0 Å². The first kappa shape index (κ1) is 20.0. The molecular formula is C20H28N6O2. The van der Waals surface area contributed by atoms with Crippen molar-refractivity contribution in [1.82, 2.24) is 24.5 Å². The van der Waals surface area contributed by atoms with Gasteiger partial charge in [-0.3, -0.25) is 19.2 Å². The molecule has 8 nitrogen and oxygen atoms in total. The van der Waals surface area contributed by atoms with Crippen LogP contribution in [0.5, 0.6) is 0 Å². The van der Waals surface area contributed by atoms with Crippen LogP contribution in [0.3, 0.4) is 0 Å². The highest BCUT2D eigenvalue weighted by molar-refractivity contribution is 6.08. The first-order valence-corrected chi connectivity index (χ1v) is 9.40. The summed E-state index contributed by atoms with van der Waals surface area (Å²) < 4.78 is 1.52. The van der Waals surface area contributed by atoms with E-state index in [1.54, 1.807) is 33.4 Å². The molecule has 1 aliphatic heterocycles. The van der Waals surface area contributed by atoms with E-state index < -0.39 is 0 Å². The first-order chi connectivity index (χ1) is 13.3. The summed E-state index contributed by atoms with van der Waals surface area (Å²) in [5, 5.41) is 7.01. The molecule has 28 heavy (non-hydrogen) atoms. The number of aromatic nitrogens is 2. The molecule has 1 saturated heterocycles. The van der Waals surface area contributed by atoms with Gasteiger partial charge in [-0.25, -0.2) is 0 Å². The van der Waals surface area contributed by atoms with E-state index >= 15 is 0 Å². The molecule has 0 aliphatic carbocycles. The molecule has 1 aromatic heterocycles. The minimum atomic E-state index is -0.250. The van der Waals surface area contributed by atoms with Crippen LogP contribution in [0.15, 0.2) is 30.5 Å². The van der Waals surface area contributed by atoms with Crippen molar-refractivity contribution in [3.05, 3.63) is 47.3 Å². The number of carbonyl (C=O) groups excluding carboxylic acids is 2. The van der Waals surface area contributed by atoms with Gasteiger partial charge in [0, 0.05) is 65.6 Å². The van der Waals surface area contributed by atoms with Gasteiger partial charge in [-0.1, -0.05) is 12.1 Å². The monoisotopic (exact) mass is 384 g/mol. The SMILES string of the molecule is CN1CCN(Cc2cccc(C(=O)Nc3cn(C)nc3C(=O)N(C)C)c2)CC1. The Hall–Kier alpha value is -2.71. The topological polar surface area (TPSA) is 73.7 Å². The number of benzene rings is 1. The lowest BCUT2D eigenvalue weighted by atomic mass is 10.1. The molecule has 0 atom stereocenters. The van der Waals surface area contributed by atoms with E-state index in [1.165, 1.54) is 9.58 Å². The molecule has 2 aromatic rings. The highest BCUT2D eigenvalue weighted by Crippen LogP contribution is 2.17. The molecule has 2 amide bonds. The molecule has 8 heteroatoms. The van der Waals surface area contributed by atoms with E-state index in [2.05, 4.69) is 27.3 Å². The Morgan fingerprint density at radius 3 is 2.54 bits per heavy atom. The molecule has 0 spiro atoms. The Balaban J connectivity index is 1.71. The zero-order valence-corrected chi connectivity index (χ0v) is 17.0. The number of anilines is 1. The second-order valence-corrected chi connectivity index (χ2v) is 7.50. The molecule has 0 saturated carbocycles. The number of hydrogen-bond acceptors (Lipinski definition) is 5.